The molecule has 0 bridgehead atoms. The summed E-state index contributed by atoms with van der Waals surface area (Å²) in [6.07, 6.45) is 5.28. The van der Waals surface area contributed by atoms with Crippen molar-refractivity contribution in [2.45, 2.75) is 30.6 Å². The van der Waals surface area contributed by atoms with E-state index in [-0.39, 0.29) is 10.6 Å². The van der Waals surface area contributed by atoms with E-state index in [1.807, 2.05) is 0 Å². The minimum atomic E-state index is -3.57. The van der Waals surface area contributed by atoms with Gasteiger partial charge in [-0.25, -0.2) is 8.42 Å². The molecule has 0 spiro atoms. The number of nitrogens with one attached hydrogen (secondary N) is 1. The summed E-state index contributed by atoms with van der Waals surface area (Å²) in [6, 6.07) is 9.31. The number of halogens is 1. The standard InChI is InChI=1S/C18H20ClN3O3S/c19-14-8-9-20-17(12-14)18(23)21-15-6-5-7-16(13-15)26(24,25)22-10-3-1-2-4-11-22/h5-9,12-13H,1-4,10-11H2,(H,21,23). The van der Waals surface area contributed by atoms with Crippen molar-refractivity contribution in [2.75, 3.05) is 18.4 Å². The number of benzene rings is 1. The molecule has 138 valence electrons. The molecule has 2 heterocycles. The maximum atomic E-state index is 12.9. The molecule has 6 nitrogen and oxygen atoms in total. The molecule has 2 aromatic rings. The third-order valence-electron chi connectivity index (χ3n) is 4.25. The first-order valence-electron chi connectivity index (χ1n) is 8.50. The molecule has 0 atom stereocenters. The van der Waals surface area contributed by atoms with E-state index in [0.717, 1.165) is 25.7 Å². The van der Waals surface area contributed by atoms with Crippen molar-refractivity contribution in [1.29, 1.82) is 0 Å². The molecule has 1 aromatic carbocycles. The monoisotopic (exact) mass is 393 g/mol. The van der Waals surface area contributed by atoms with Gasteiger partial charge in [0.25, 0.3) is 5.91 Å². The third-order valence-corrected chi connectivity index (χ3v) is 6.38. The van der Waals surface area contributed by atoms with Crippen LogP contribution in [-0.4, -0.2) is 36.7 Å². The minimum Gasteiger partial charge on any atom is -0.321 e. The van der Waals surface area contributed by atoms with Gasteiger partial charge in [0.15, 0.2) is 0 Å². The Morgan fingerprint density at radius 1 is 1.08 bits per heavy atom. The lowest BCUT2D eigenvalue weighted by Gasteiger charge is -2.20. The number of rotatable bonds is 4. The largest absolute Gasteiger partial charge is 0.321 e. The van der Waals surface area contributed by atoms with Gasteiger partial charge in [-0.1, -0.05) is 30.5 Å². The van der Waals surface area contributed by atoms with Crippen LogP contribution in [0.25, 0.3) is 0 Å². The highest BCUT2D eigenvalue weighted by atomic mass is 35.5. The molecule has 1 fully saturated rings. The van der Waals surface area contributed by atoms with Gasteiger partial charge in [-0.2, -0.15) is 4.31 Å². The van der Waals surface area contributed by atoms with E-state index in [4.69, 9.17) is 11.6 Å². The second-order valence-electron chi connectivity index (χ2n) is 6.16. The molecular formula is C18H20ClN3O3S. The summed E-state index contributed by atoms with van der Waals surface area (Å²) >= 11 is 5.87. The molecule has 0 unspecified atom stereocenters. The van der Waals surface area contributed by atoms with E-state index >= 15 is 0 Å². The number of amides is 1. The first-order valence-corrected chi connectivity index (χ1v) is 10.3. The lowest BCUT2D eigenvalue weighted by molar-refractivity contribution is 0.102. The molecule has 0 radical (unpaired) electrons. The zero-order chi connectivity index (χ0) is 18.6. The van der Waals surface area contributed by atoms with E-state index in [1.54, 1.807) is 24.3 Å². The quantitative estimate of drug-likeness (QED) is 0.861. The average Bonchev–Trinajstić information content (AvgIpc) is 2.92. The van der Waals surface area contributed by atoms with Crippen LogP contribution >= 0.6 is 11.6 Å². The van der Waals surface area contributed by atoms with E-state index < -0.39 is 15.9 Å². The fourth-order valence-electron chi connectivity index (χ4n) is 2.89. The van der Waals surface area contributed by atoms with Crippen LogP contribution in [0.4, 0.5) is 5.69 Å². The first kappa shape index (κ1) is 18.8. The molecule has 1 amide bonds. The summed E-state index contributed by atoms with van der Waals surface area (Å²) in [5.41, 5.74) is 0.561. The molecule has 1 aliphatic heterocycles. The van der Waals surface area contributed by atoms with Crippen molar-refractivity contribution in [3.63, 3.8) is 0 Å². The summed E-state index contributed by atoms with van der Waals surface area (Å²) in [7, 11) is -3.57. The van der Waals surface area contributed by atoms with Gasteiger partial charge in [0.05, 0.1) is 4.90 Å². The predicted octanol–water partition coefficient (Wildman–Crippen LogP) is 3.55. The second-order valence-corrected chi connectivity index (χ2v) is 8.53. The van der Waals surface area contributed by atoms with Crippen molar-refractivity contribution < 1.29 is 13.2 Å². The zero-order valence-corrected chi connectivity index (χ0v) is 15.8. The Morgan fingerprint density at radius 2 is 1.81 bits per heavy atom. The Hall–Kier alpha value is -1.96. The Bertz CT molecular complexity index is 894. The van der Waals surface area contributed by atoms with Gasteiger partial charge in [0, 0.05) is 30.0 Å². The predicted molar refractivity (Wildman–Crippen MR) is 101 cm³/mol. The number of sulfonamides is 1. The third kappa shape index (κ3) is 4.41. The average molecular weight is 394 g/mol. The Labute approximate surface area is 158 Å². The summed E-state index contributed by atoms with van der Waals surface area (Å²) in [5.74, 6) is -0.447. The van der Waals surface area contributed by atoms with Crippen LogP contribution < -0.4 is 5.32 Å². The number of hydrogen-bond donors (Lipinski definition) is 1. The summed E-state index contributed by atoms with van der Waals surface area (Å²) in [4.78, 5) is 16.4. The van der Waals surface area contributed by atoms with Crippen LogP contribution in [0.3, 0.4) is 0 Å². The lowest BCUT2D eigenvalue weighted by Crippen LogP contribution is -2.32. The number of aromatic nitrogens is 1. The highest BCUT2D eigenvalue weighted by Crippen LogP contribution is 2.23. The van der Waals surface area contributed by atoms with Gasteiger partial charge in [-0.05, 0) is 43.2 Å². The number of hydrogen-bond acceptors (Lipinski definition) is 4. The van der Waals surface area contributed by atoms with Crippen molar-refractivity contribution in [1.82, 2.24) is 9.29 Å². The number of pyridine rings is 1. The van der Waals surface area contributed by atoms with Gasteiger partial charge >= 0.3 is 0 Å². The number of carbonyl (C=O) groups is 1. The van der Waals surface area contributed by atoms with Crippen molar-refractivity contribution in [3.8, 4) is 0 Å². The highest BCUT2D eigenvalue weighted by molar-refractivity contribution is 7.89. The minimum absolute atomic E-state index is 0.165. The SMILES string of the molecule is O=C(Nc1cccc(S(=O)(=O)N2CCCCCC2)c1)c1cc(Cl)ccn1. The first-order chi connectivity index (χ1) is 12.5. The number of nitrogens with zero attached hydrogens (tertiary/aromatic N) is 2. The van der Waals surface area contributed by atoms with Crippen molar-refractivity contribution in [2.24, 2.45) is 0 Å². The Kier molecular flexibility index (Phi) is 5.90. The lowest BCUT2D eigenvalue weighted by atomic mass is 10.2. The van der Waals surface area contributed by atoms with Gasteiger partial charge < -0.3 is 5.32 Å². The molecule has 8 heteroatoms. The molecular weight excluding hydrogens is 374 g/mol. The molecule has 0 saturated carbocycles. The van der Waals surface area contributed by atoms with Crippen LogP contribution in [0.2, 0.25) is 5.02 Å². The Morgan fingerprint density at radius 3 is 2.50 bits per heavy atom. The van der Waals surface area contributed by atoms with Crippen LogP contribution in [-0.2, 0) is 10.0 Å². The topological polar surface area (TPSA) is 79.4 Å². The molecule has 1 saturated heterocycles. The molecule has 1 aliphatic rings. The maximum absolute atomic E-state index is 12.9. The van der Waals surface area contributed by atoms with E-state index in [9.17, 15) is 13.2 Å². The van der Waals surface area contributed by atoms with Gasteiger partial charge in [-0.15, -0.1) is 0 Å². The molecule has 1 N–H and O–H groups in total. The Balaban J connectivity index is 1.80. The second kappa shape index (κ2) is 8.16. The van der Waals surface area contributed by atoms with Gasteiger partial charge in [0.2, 0.25) is 10.0 Å². The maximum Gasteiger partial charge on any atom is 0.274 e. The fraction of sp³-hybridized carbons (Fsp3) is 0.333. The van der Waals surface area contributed by atoms with E-state index in [0.29, 0.717) is 23.8 Å². The molecule has 0 aliphatic carbocycles. The van der Waals surface area contributed by atoms with Gasteiger partial charge in [0.1, 0.15) is 5.69 Å². The molecule has 1 aromatic heterocycles. The summed E-state index contributed by atoms with van der Waals surface area (Å²) in [6.45, 7) is 1.07. The summed E-state index contributed by atoms with van der Waals surface area (Å²) < 4.78 is 27.3. The number of anilines is 1. The highest BCUT2D eigenvalue weighted by Gasteiger charge is 2.25. The van der Waals surface area contributed by atoms with E-state index in [2.05, 4.69) is 10.3 Å². The normalized spacial score (nSPS) is 16.0. The smallest absolute Gasteiger partial charge is 0.274 e. The number of carbonyl (C=O) groups excluding carboxylic acids is 1. The van der Waals surface area contributed by atoms with Gasteiger partial charge in [-0.3, -0.25) is 9.78 Å². The fourth-order valence-corrected chi connectivity index (χ4v) is 4.61. The van der Waals surface area contributed by atoms with Crippen LogP contribution in [0.15, 0.2) is 47.5 Å². The van der Waals surface area contributed by atoms with Crippen LogP contribution in [0.1, 0.15) is 36.2 Å². The van der Waals surface area contributed by atoms with Crippen LogP contribution in [0.5, 0.6) is 0 Å². The van der Waals surface area contributed by atoms with Crippen LogP contribution in [0, 0.1) is 0 Å². The van der Waals surface area contributed by atoms with E-state index in [1.165, 1.54) is 22.6 Å². The van der Waals surface area contributed by atoms with Crippen molar-refractivity contribution in [3.05, 3.63) is 53.3 Å². The van der Waals surface area contributed by atoms with Crippen molar-refractivity contribution >= 4 is 33.2 Å². The molecule has 26 heavy (non-hydrogen) atoms. The zero-order valence-electron chi connectivity index (χ0n) is 14.2. The summed E-state index contributed by atoms with van der Waals surface area (Å²) in [5, 5.41) is 3.08. The molecule has 3 rings (SSSR count).